The van der Waals surface area contributed by atoms with Gasteiger partial charge in [-0.1, -0.05) is 0 Å². The zero-order chi connectivity index (χ0) is 15.1. The van der Waals surface area contributed by atoms with Gasteiger partial charge in [0.25, 0.3) is 5.91 Å². The van der Waals surface area contributed by atoms with Crippen molar-refractivity contribution in [3.05, 3.63) is 23.0 Å². The Hall–Kier alpha value is -1.43. The molecule has 0 N–H and O–H groups in total. The lowest BCUT2D eigenvalue weighted by molar-refractivity contribution is -0.158. The second kappa shape index (κ2) is 5.40. The van der Waals surface area contributed by atoms with Gasteiger partial charge >= 0.3 is 6.61 Å². The van der Waals surface area contributed by atoms with Crippen LogP contribution in [-0.4, -0.2) is 41.2 Å². The minimum absolute atomic E-state index is 0.0737. The number of halogens is 2. The summed E-state index contributed by atoms with van der Waals surface area (Å²) in [5, 5.41) is 0. The molecule has 1 aromatic heterocycles. The van der Waals surface area contributed by atoms with Gasteiger partial charge in [-0.25, -0.2) is 0 Å². The molecule has 2 fully saturated rings. The van der Waals surface area contributed by atoms with Crippen molar-refractivity contribution < 1.29 is 18.3 Å². The molecule has 116 valence electrons. The Morgan fingerprint density at radius 3 is 2.67 bits per heavy atom. The SMILES string of the molecule is Cc1cc(C(=O)N2CC[C@H](OC(F)F)C2)c(C)n1C1CC1. The number of amides is 1. The Labute approximate surface area is 122 Å². The number of carbonyl (C=O) groups is 1. The van der Waals surface area contributed by atoms with Gasteiger partial charge in [-0.3, -0.25) is 4.79 Å². The summed E-state index contributed by atoms with van der Waals surface area (Å²) in [6, 6.07) is 2.44. The van der Waals surface area contributed by atoms with Gasteiger partial charge in [0, 0.05) is 30.5 Å². The summed E-state index contributed by atoms with van der Waals surface area (Å²) >= 11 is 0. The maximum Gasteiger partial charge on any atom is 0.345 e. The van der Waals surface area contributed by atoms with Crippen LogP contribution in [0, 0.1) is 13.8 Å². The van der Waals surface area contributed by atoms with E-state index in [1.807, 2.05) is 19.9 Å². The van der Waals surface area contributed by atoms with E-state index in [1.54, 1.807) is 4.90 Å². The molecular formula is C15H20F2N2O2. The molecule has 4 nitrogen and oxygen atoms in total. The fourth-order valence-electron chi connectivity index (χ4n) is 3.23. The van der Waals surface area contributed by atoms with E-state index in [1.165, 1.54) is 0 Å². The molecule has 0 radical (unpaired) electrons. The van der Waals surface area contributed by atoms with Gasteiger partial charge in [-0.2, -0.15) is 8.78 Å². The van der Waals surface area contributed by atoms with Crippen LogP contribution in [0.3, 0.4) is 0 Å². The summed E-state index contributed by atoms with van der Waals surface area (Å²) in [6.45, 7) is 1.92. The Kier molecular flexibility index (Phi) is 3.73. The maximum atomic E-state index is 12.6. The molecule has 1 aliphatic heterocycles. The van der Waals surface area contributed by atoms with Crippen LogP contribution in [0.2, 0.25) is 0 Å². The van der Waals surface area contributed by atoms with Crippen molar-refractivity contribution in [1.82, 2.24) is 9.47 Å². The summed E-state index contributed by atoms with van der Waals surface area (Å²) in [7, 11) is 0. The van der Waals surface area contributed by atoms with Crippen LogP contribution in [0.4, 0.5) is 8.78 Å². The molecule has 2 heterocycles. The number of ether oxygens (including phenoxy) is 1. The van der Waals surface area contributed by atoms with Crippen molar-refractivity contribution in [2.75, 3.05) is 13.1 Å². The molecule has 0 spiro atoms. The largest absolute Gasteiger partial charge is 0.345 e. The fourth-order valence-corrected chi connectivity index (χ4v) is 3.23. The number of hydrogen-bond acceptors (Lipinski definition) is 2. The molecule has 21 heavy (non-hydrogen) atoms. The molecule has 1 aliphatic carbocycles. The van der Waals surface area contributed by atoms with Crippen LogP contribution in [0.25, 0.3) is 0 Å². The van der Waals surface area contributed by atoms with E-state index in [4.69, 9.17) is 0 Å². The van der Waals surface area contributed by atoms with Crippen molar-refractivity contribution in [2.45, 2.75) is 51.9 Å². The van der Waals surface area contributed by atoms with Crippen molar-refractivity contribution in [3.8, 4) is 0 Å². The Bertz CT molecular complexity index is 552. The summed E-state index contributed by atoms with van der Waals surface area (Å²) in [5.41, 5.74) is 2.77. The standard InChI is InChI=1S/C15H20F2N2O2/c1-9-7-13(10(2)19(9)11-3-4-11)14(20)18-6-5-12(8-18)21-15(16)17/h7,11-12,15H,3-6,8H2,1-2H3/t12-/m0/s1. The summed E-state index contributed by atoms with van der Waals surface area (Å²) in [5.74, 6) is -0.0737. The monoisotopic (exact) mass is 298 g/mol. The average molecular weight is 298 g/mol. The van der Waals surface area contributed by atoms with Crippen LogP contribution in [-0.2, 0) is 4.74 Å². The Balaban J connectivity index is 1.73. The highest BCUT2D eigenvalue weighted by Crippen LogP contribution is 2.38. The highest BCUT2D eigenvalue weighted by atomic mass is 19.3. The molecule has 0 aromatic carbocycles. The number of aryl methyl sites for hydroxylation is 1. The normalized spacial score (nSPS) is 22.3. The molecule has 2 aliphatic rings. The lowest BCUT2D eigenvalue weighted by Crippen LogP contribution is -2.31. The first-order chi connectivity index (χ1) is 9.97. The van der Waals surface area contributed by atoms with Gasteiger partial charge in [-0.05, 0) is 39.2 Å². The van der Waals surface area contributed by atoms with E-state index in [0.29, 0.717) is 24.6 Å². The van der Waals surface area contributed by atoms with Crippen LogP contribution in [0.5, 0.6) is 0 Å². The van der Waals surface area contributed by atoms with Gasteiger partial charge in [0.2, 0.25) is 0 Å². The first kappa shape index (κ1) is 14.5. The molecular weight excluding hydrogens is 278 g/mol. The second-order valence-electron chi connectivity index (χ2n) is 5.94. The van der Waals surface area contributed by atoms with Crippen LogP contribution < -0.4 is 0 Å². The molecule has 6 heteroatoms. The van der Waals surface area contributed by atoms with Crippen molar-refractivity contribution in [3.63, 3.8) is 0 Å². The van der Waals surface area contributed by atoms with E-state index < -0.39 is 12.7 Å². The Morgan fingerprint density at radius 2 is 2.05 bits per heavy atom. The third-order valence-corrected chi connectivity index (χ3v) is 4.35. The van der Waals surface area contributed by atoms with Gasteiger partial charge in [-0.15, -0.1) is 0 Å². The zero-order valence-corrected chi connectivity index (χ0v) is 12.3. The molecule has 1 atom stereocenters. The van der Waals surface area contributed by atoms with Crippen molar-refractivity contribution in [1.29, 1.82) is 0 Å². The zero-order valence-electron chi connectivity index (χ0n) is 12.3. The average Bonchev–Trinajstić information content (AvgIpc) is 3.05. The van der Waals surface area contributed by atoms with E-state index in [-0.39, 0.29) is 12.5 Å². The number of likely N-dealkylation sites (tertiary alicyclic amines) is 1. The molecule has 1 saturated heterocycles. The number of hydrogen-bond donors (Lipinski definition) is 0. The predicted molar refractivity (Wildman–Crippen MR) is 73.6 cm³/mol. The van der Waals surface area contributed by atoms with Crippen LogP contribution in [0.15, 0.2) is 6.07 Å². The minimum Gasteiger partial charge on any atom is -0.345 e. The number of carbonyl (C=O) groups excluding carboxylic acids is 1. The molecule has 0 unspecified atom stereocenters. The van der Waals surface area contributed by atoms with Crippen LogP contribution in [0.1, 0.15) is 47.1 Å². The van der Waals surface area contributed by atoms with Crippen molar-refractivity contribution >= 4 is 5.91 Å². The van der Waals surface area contributed by atoms with E-state index in [9.17, 15) is 13.6 Å². The van der Waals surface area contributed by atoms with E-state index in [2.05, 4.69) is 9.30 Å². The highest BCUT2D eigenvalue weighted by molar-refractivity contribution is 5.96. The van der Waals surface area contributed by atoms with Gasteiger partial charge in [0.15, 0.2) is 0 Å². The van der Waals surface area contributed by atoms with E-state index in [0.717, 1.165) is 24.2 Å². The van der Waals surface area contributed by atoms with Gasteiger partial charge in [0.1, 0.15) is 0 Å². The fraction of sp³-hybridized carbons (Fsp3) is 0.667. The third kappa shape index (κ3) is 2.81. The summed E-state index contributed by atoms with van der Waals surface area (Å²) in [4.78, 5) is 14.2. The number of aromatic nitrogens is 1. The lowest BCUT2D eigenvalue weighted by atomic mass is 10.2. The summed E-state index contributed by atoms with van der Waals surface area (Å²) in [6.07, 6.45) is 2.24. The second-order valence-corrected chi connectivity index (χ2v) is 5.94. The number of nitrogens with zero attached hydrogens (tertiary/aromatic N) is 2. The first-order valence-electron chi connectivity index (χ1n) is 7.38. The predicted octanol–water partition coefficient (Wildman–Crippen LogP) is 2.89. The first-order valence-corrected chi connectivity index (χ1v) is 7.38. The van der Waals surface area contributed by atoms with Crippen molar-refractivity contribution in [2.24, 2.45) is 0 Å². The lowest BCUT2D eigenvalue weighted by Gasteiger charge is -2.17. The molecule has 0 bridgehead atoms. The number of alkyl halides is 2. The Morgan fingerprint density at radius 1 is 1.33 bits per heavy atom. The molecule has 1 aromatic rings. The maximum absolute atomic E-state index is 12.6. The van der Waals surface area contributed by atoms with Gasteiger partial charge < -0.3 is 14.2 Å². The van der Waals surface area contributed by atoms with Crippen LogP contribution >= 0.6 is 0 Å². The quantitative estimate of drug-likeness (QED) is 0.856. The molecule has 1 saturated carbocycles. The smallest absolute Gasteiger partial charge is 0.345 e. The van der Waals surface area contributed by atoms with Gasteiger partial charge in [0.05, 0.1) is 11.7 Å². The topological polar surface area (TPSA) is 34.5 Å². The minimum atomic E-state index is -2.77. The molecule has 3 rings (SSSR count). The molecule has 1 amide bonds. The number of rotatable bonds is 4. The summed E-state index contributed by atoms with van der Waals surface area (Å²) < 4.78 is 31.2. The third-order valence-electron chi connectivity index (χ3n) is 4.35. The van der Waals surface area contributed by atoms with E-state index >= 15 is 0 Å². The highest BCUT2D eigenvalue weighted by Gasteiger charge is 2.33.